The standard InChI is InChI=1S/C17H11F3N4O3/c1-26-9-4-2-8(3-5-9)11-6-10(17(18,19)20)12-13-14(27-15(12)23-11)16(25)24(21)7-22-13/h2-7H,21H2,1H3. The Labute approximate surface area is 148 Å². The monoisotopic (exact) mass is 376 g/mol. The first-order valence-electron chi connectivity index (χ1n) is 7.61. The van der Waals surface area contributed by atoms with Crippen LogP contribution < -0.4 is 16.1 Å². The molecule has 10 heteroatoms. The molecular formula is C17H11F3N4O3. The second kappa shape index (κ2) is 5.73. The quantitative estimate of drug-likeness (QED) is 0.541. The summed E-state index contributed by atoms with van der Waals surface area (Å²) in [7, 11) is 1.48. The third kappa shape index (κ3) is 2.65. The molecule has 3 aromatic heterocycles. The van der Waals surface area contributed by atoms with Crippen molar-refractivity contribution in [2.75, 3.05) is 13.0 Å². The number of hydrogen-bond acceptors (Lipinski definition) is 6. The Hall–Kier alpha value is -3.56. The summed E-state index contributed by atoms with van der Waals surface area (Å²) in [5.74, 6) is 5.96. The van der Waals surface area contributed by atoms with Gasteiger partial charge in [-0.2, -0.15) is 13.2 Å². The zero-order valence-corrected chi connectivity index (χ0v) is 13.7. The zero-order chi connectivity index (χ0) is 19.3. The number of hydrogen-bond donors (Lipinski definition) is 1. The topological polar surface area (TPSA) is 96.2 Å². The number of alkyl halides is 3. The molecule has 4 aromatic rings. The van der Waals surface area contributed by atoms with Gasteiger partial charge < -0.3 is 15.0 Å². The Morgan fingerprint density at radius 3 is 2.56 bits per heavy atom. The van der Waals surface area contributed by atoms with Crippen molar-refractivity contribution in [2.24, 2.45) is 0 Å². The summed E-state index contributed by atoms with van der Waals surface area (Å²) in [5, 5.41) is -0.382. The Morgan fingerprint density at radius 2 is 1.93 bits per heavy atom. The predicted octanol–water partition coefficient (Wildman–Crippen LogP) is 2.95. The number of methoxy groups -OCH3 is 1. The van der Waals surface area contributed by atoms with Gasteiger partial charge in [0.15, 0.2) is 0 Å². The number of nitrogens with two attached hydrogens (primary N) is 1. The van der Waals surface area contributed by atoms with E-state index in [-0.39, 0.29) is 27.9 Å². The van der Waals surface area contributed by atoms with E-state index in [9.17, 15) is 18.0 Å². The summed E-state index contributed by atoms with van der Waals surface area (Å²) < 4.78 is 52.0. The summed E-state index contributed by atoms with van der Waals surface area (Å²) in [6.07, 6.45) is -3.78. The van der Waals surface area contributed by atoms with Crippen LogP contribution in [0.5, 0.6) is 5.75 Å². The minimum Gasteiger partial charge on any atom is -0.497 e. The molecule has 2 N–H and O–H groups in total. The molecule has 0 saturated heterocycles. The fourth-order valence-corrected chi connectivity index (χ4v) is 2.77. The van der Waals surface area contributed by atoms with Gasteiger partial charge in [0, 0.05) is 5.56 Å². The average molecular weight is 376 g/mol. The molecule has 0 bridgehead atoms. The van der Waals surface area contributed by atoms with Crippen molar-refractivity contribution in [3.05, 3.63) is 52.6 Å². The third-order valence-corrected chi connectivity index (χ3v) is 4.07. The minimum atomic E-state index is -4.71. The van der Waals surface area contributed by atoms with Crippen LogP contribution in [0.4, 0.5) is 13.2 Å². The van der Waals surface area contributed by atoms with Gasteiger partial charge in [-0.3, -0.25) is 4.79 Å². The highest BCUT2D eigenvalue weighted by Gasteiger charge is 2.36. The van der Waals surface area contributed by atoms with Crippen molar-refractivity contribution in [2.45, 2.75) is 6.18 Å². The van der Waals surface area contributed by atoms with E-state index < -0.39 is 17.3 Å². The lowest BCUT2D eigenvalue weighted by atomic mass is 10.1. The number of fused-ring (bicyclic) bond motifs is 3. The van der Waals surface area contributed by atoms with Crippen molar-refractivity contribution in [3.63, 3.8) is 0 Å². The van der Waals surface area contributed by atoms with E-state index in [1.54, 1.807) is 24.3 Å². The van der Waals surface area contributed by atoms with Crippen molar-refractivity contribution >= 4 is 22.2 Å². The number of rotatable bonds is 2. The van der Waals surface area contributed by atoms with Crippen molar-refractivity contribution in [3.8, 4) is 17.0 Å². The molecule has 0 atom stereocenters. The molecular weight excluding hydrogens is 365 g/mol. The molecule has 0 aliphatic carbocycles. The van der Waals surface area contributed by atoms with Gasteiger partial charge in [-0.25, -0.2) is 14.6 Å². The molecule has 4 rings (SSSR count). The number of aromatic nitrogens is 3. The maximum Gasteiger partial charge on any atom is 0.417 e. The van der Waals surface area contributed by atoms with Gasteiger partial charge in [0.2, 0.25) is 11.3 Å². The molecule has 7 nitrogen and oxygen atoms in total. The first-order chi connectivity index (χ1) is 12.8. The third-order valence-electron chi connectivity index (χ3n) is 4.07. The number of halogens is 3. The smallest absolute Gasteiger partial charge is 0.417 e. The Morgan fingerprint density at radius 1 is 1.22 bits per heavy atom. The highest BCUT2D eigenvalue weighted by atomic mass is 19.4. The Bertz CT molecular complexity index is 1230. The molecule has 1 aromatic carbocycles. The predicted molar refractivity (Wildman–Crippen MR) is 90.7 cm³/mol. The van der Waals surface area contributed by atoms with Crippen LogP contribution in [0.25, 0.3) is 33.5 Å². The van der Waals surface area contributed by atoms with Gasteiger partial charge in [-0.05, 0) is 30.3 Å². The first-order valence-corrected chi connectivity index (χ1v) is 7.61. The van der Waals surface area contributed by atoms with Gasteiger partial charge in [0.25, 0.3) is 0 Å². The SMILES string of the molecule is COc1ccc(-c2cc(C(F)(F)F)c3c(n2)oc2c(=O)n(N)cnc23)cc1. The summed E-state index contributed by atoms with van der Waals surface area (Å²) in [5.41, 5.74) is -2.33. The fraction of sp³-hybridized carbons (Fsp3) is 0.118. The van der Waals surface area contributed by atoms with Gasteiger partial charge >= 0.3 is 11.7 Å². The zero-order valence-electron chi connectivity index (χ0n) is 13.7. The van der Waals surface area contributed by atoms with Crippen LogP contribution in [0.2, 0.25) is 0 Å². The van der Waals surface area contributed by atoms with E-state index in [4.69, 9.17) is 15.0 Å². The average Bonchev–Trinajstić information content (AvgIpc) is 3.02. The number of nitrogens with zero attached hydrogens (tertiary/aromatic N) is 3. The molecule has 27 heavy (non-hydrogen) atoms. The van der Waals surface area contributed by atoms with Crippen LogP contribution in [-0.2, 0) is 6.18 Å². The first kappa shape index (κ1) is 16.9. The minimum absolute atomic E-state index is 0.0320. The van der Waals surface area contributed by atoms with Crippen LogP contribution in [-0.4, -0.2) is 21.8 Å². The fourth-order valence-electron chi connectivity index (χ4n) is 2.77. The van der Waals surface area contributed by atoms with Crippen LogP contribution in [0, 0.1) is 0 Å². The summed E-state index contributed by atoms with van der Waals surface area (Å²) in [4.78, 5) is 20.0. The van der Waals surface area contributed by atoms with Gasteiger partial charge in [-0.1, -0.05) is 0 Å². The molecule has 0 aliphatic rings. The van der Waals surface area contributed by atoms with Gasteiger partial charge in [-0.15, -0.1) is 0 Å². The van der Waals surface area contributed by atoms with Crippen molar-refractivity contribution in [1.29, 1.82) is 0 Å². The van der Waals surface area contributed by atoms with Gasteiger partial charge in [0.05, 0.1) is 23.8 Å². The molecule has 0 unspecified atom stereocenters. The second-order valence-electron chi connectivity index (χ2n) is 5.70. The lowest BCUT2D eigenvalue weighted by Crippen LogP contribution is -2.26. The van der Waals surface area contributed by atoms with E-state index in [1.807, 2.05) is 0 Å². The number of benzene rings is 1. The van der Waals surface area contributed by atoms with E-state index in [0.29, 0.717) is 16.0 Å². The lowest BCUT2D eigenvalue weighted by molar-refractivity contribution is -0.136. The van der Waals surface area contributed by atoms with E-state index >= 15 is 0 Å². The lowest BCUT2D eigenvalue weighted by Gasteiger charge is -2.10. The molecule has 138 valence electrons. The summed E-state index contributed by atoms with van der Waals surface area (Å²) >= 11 is 0. The van der Waals surface area contributed by atoms with Gasteiger partial charge in [0.1, 0.15) is 17.6 Å². The molecule has 0 saturated carbocycles. The highest BCUT2D eigenvalue weighted by molar-refractivity contribution is 6.03. The second-order valence-corrected chi connectivity index (χ2v) is 5.70. The summed E-state index contributed by atoms with van der Waals surface area (Å²) in [6.45, 7) is 0. The van der Waals surface area contributed by atoms with Crippen LogP contribution >= 0.6 is 0 Å². The van der Waals surface area contributed by atoms with E-state index in [2.05, 4.69) is 9.97 Å². The maximum atomic E-state index is 13.7. The molecule has 0 spiro atoms. The molecule has 3 heterocycles. The van der Waals surface area contributed by atoms with Crippen molar-refractivity contribution in [1.82, 2.24) is 14.6 Å². The summed E-state index contributed by atoms with van der Waals surface area (Å²) in [6, 6.07) is 7.24. The molecule has 0 fully saturated rings. The maximum absolute atomic E-state index is 13.7. The Balaban J connectivity index is 2.07. The molecule has 0 aliphatic heterocycles. The van der Waals surface area contributed by atoms with Crippen LogP contribution in [0.15, 0.2) is 45.9 Å². The van der Waals surface area contributed by atoms with Crippen LogP contribution in [0.1, 0.15) is 5.56 Å². The number of ether oxygens (including phenoxy) is 1. The van der Waals surface area contributed by atoms with E-state index in [0.717, 1.165) is 12.4 Å². The number of furan rings is 1. The number of nitrogen functional groups attached to an aromatic ring is 1. The van der Waals surface area contributed by atoms with Crippen LogP contribution in [0.3, 0.4) is 0 Å². The molecule has 0 radical (unpaired) electrons. The Kier molecular flexibility index (Phi) is 3.58. The molecule has 0 amide bonds. The van der Waals surface area contributed by atoms with Crippen molar-refractivity contribution < 1.29 is 22.3 Å². The highest BCUT2D eigenvalue weighted by Crippen LogP contribution is 2.40. The van der Waals surface area contributed by atoms with E-state index in [1.165, 1.54) is 7.11 Å². The largest absolute Gasteiger partial charge is 0.497 e. The number of pyridine rings is 1. The normalized spacial score (nSPS) is 12.0.